The third-order valence-electron chi connectivity index (χ3n) is 5.43. The average Bonchev–Trinajstić information content (AvgIpc) is 3.12. The van der Waals surface area contributed by atoms with E-state index in [1.54, 1.807) is 24.1 Å². The predicted octanol–water partition coefficient (Wildman–Crippen LogP) is 8.59. The van der Waals surface area contributed by atoms with Gasteiger partial charge in [-0.1, -0.05) is 35.3 Å². The van der Waals surface area contributed by atoms with Crippen molar-refractivity contribution in [2.45, 2.75) is 20.8 Å². The molecule has 3 aromatic carbocycles. The SMILES string of the molecule is CCOc1cc(/C=C2/SC(=Nc3ccc(C)c(Cl)c3)N(c3ccc(C)c(Cl)c3)C2=O)cc(Br)c1OC. The highest BCUT2D eigenvalue weighted by Crippen LogP contribution is 2.41. The number of thioether (sulfide) groups is 1. The van der Waals surface area contributed by atoms with Gasteiger partial charge >= 0.3 is 0 Å². The summed E-state index contributed by atoms with van der Waals surface area (Å²) in [6.07, 6.45) is 1.81. The lowest BCUT2D eigenvalue weighted by Gasteiger charge is -2.16. The van der Waals surface area contributed by atoms with E-state index < -0.39 is 0 Å². The van der Waals surface area contributed by atoms with E-state index in [-0.39, 0.29) is 5.91 Å². The van der Waals surface area contributed by atoms with E-state index in [1.807, 2.05) is 63.2 Å². The minimum atomic E-state index is -0.207. The highest BCUT2D eigenvalue weighted by atomic mass is 79.9. The lowest BCUT2D eigenvalue weighted by molar-refractivity contribution is -0.113. The number of hydrogen-bond donors (Lipinski definition) is 0. The first kappa shape index (κ1) is 26.6. The van der Waals surface area contributed by atoms with Crippen LogP contribution in [0.4, 0.5) is 11.4 Å². The number of carbonyl (C=O) groups is 1. The standard InChI is InChI=1S/C27H23BrCl2N2O3S/c1-5-35-23-11-17(10-20(28)25(23)34-4)12-24-26(33)32(19-9-7-16(3)22(30)14-19)27(36-24)31-18-8-6-15(2)21(29)13-18/h6-14H,5H2,1-4H3/b24-12+,31-27?. The molecule has 1 aliphatic heterocycles. The van der Waals surface area contributed by atoms with Gasteiger partial charge in [-0.25, -0.2) is 4.99 Å². The molecule has 1 amide bonds. The minimum Gasteiger partial charge on any atom is -0.492 e. The number of amides is 1. The largest absolute Gasteiger partial charge is 0.492 e. The van der Waals surface area contributed by atoms with Crippen LogP contribution in [-0.4, -0.2) is 24.8 Å². The zero-order valence-corrected chi connectivity index (χ0v) is 24.0. The topological polar surface area (TPSA) is 51.1 Å². The van der Waals surface area contributed by atoms with E-state index >= 15 is 0 Å². The summed E-state index contributed by atoms with van der Waals surface area (Å²) in [7, 11) is 1.59. The van der Waals surface area contributed by atoms with Crippen LogP contribution in [0.1, 0.15) is 23.6 Å². The Balaban J connectivity index is 1.81. The molecule has 5 nitrogen and oxygen atoms in total. The molecule has 9 heteroatoms. The second kappa shape index (κ2) is 11.3. The fourth-order valence-corrected chi connectivity index (χ4v) is 5.51. The Kier molecular flexibility index (Phi) is 8.35. The van der Waals surface area contributed by atoms with Crippen LogP contribution < -0.4 is 14.4 Å². The number of nitrogens with zero attached hydrogens (tertiary/aromatic N) is 2. The Morgan fingerprint density at radius 2 is 1.75 bits per heavy atom. The Morgan fingerprint density at radius 1 is 1.06 bits per heavy atom. The normalized spacial score (nSPS) is 15.8. The van der Waals surface area contributed by atoms with Gasteiger partial charge in [0.2, 0.25) is 0 Å². The molecule has 1 heterocycles. The molecule has 186 valence electrons. The van der Waals surface area contributed by atoms with Crippen LogP contribution in [0.2, 0.25) is 10.0 Å². The van der Waals surface area contributed by atoms with E-state index in [0.717, 1.165) is 21.2 Å². The Bertz CT molecular complexity index is 1410. The average molecular weight is 606 g/mol. The van der Waals surface area contributed by atoms with Gasteiger partial charge in [0.05, 0.1) is 34.5 Å². The lowest BCUT2D eigenvalue weighted by Crippen LogP contribution is -2.28. The van der Waals surface area contributed by atoms with Crippen LogP contribution in [0.5, 0.6) is 11.5 Å². The molecule has 4 rings (SSSR count). The molecular formula is C27H23BrCl2N2O3S. The van der Waals surface area contributed by atoms with Gasteiger partial charge in [-0.3, -0.25) is 9.69 Å². The smallest absolute Gasteiger partial charge is 0.271 e. The molecule has 0 bridgehead atoms. The zero-order valence-electron chi connectivity index (χ0n) is 20.1. The van der Waals surface area contributed by atoms with Crippen LogP contribution in [-0.2, 0) is 4.79 Å². The Morgan fingerprint density at radius 3 is 2.39 bits per heavy atom. The van der Waals surface area contributed by atoms with Crippen LogP contribution in [0.3, 0.4) is 0 Å². The van der Waals surface area contributed by atoms with E-state index in [1.165, 1.54) is 11.8 Å². The summed E-state index contributed by atoms with van der Waals surface area (Å²) >= 11 is 17.5. The van der Waals surface area contributed by atoms with E-state index in [0.29, 0.717) is 49.6 Å². The predicted molar refractivity (Wildman–Crippen MR) is 154 cm³/mol. The maximum absolute atomic E-state index is 13.7. The molecule has 0 unspecified atom stereocenters. The summed E-state index contributed by atoms with van der Waals surface area (Å²) in [6.45, 7) is 6.23. The number of aryl methyl sites for hydroxylation is 2. The quantitative estimate of drug-likeness (QED) is 0.264. The molecule has 0 aliphatic carbocycles. The van der Waals surface area contributed by atoms with Crippen molar-refractivity contribution in [3.05, 3.63) is 84.6 Å². The van der Waals surface area contributed by atoms with Gasteiger partial charge in [0.1, 0.15) is 0 Å². The highest BCUT2D eigenvalue weighted by Gasteiger charge is 2.35. The molecule has 0 radical (unpaired) electrons. The van der Waals surface area contributed by atoms with Crippen molar-refractivity contribution in [2.75, 3.05) is 18.6 Å². The first-order chi connectivity index (χ1) is 17.2. The second-order valence-electron chi connectivity index (χ2n) is 7.98. The van der Waals surface area contributed by atoms with Crippen molar-refractivity contribution < 1.29 is 14.3 Å². The van der Waals surface area contributed by atoms with Gasteiger partial charge in [0.25, 0.3) is 5.91 Å². The van der Waals surface area contributed by atoms with Gasteiger partial charge < -0.3 is 9.47 Å². The number of anilines is 1. The first-order valence-corrected chi connectivity index (χ1v) is 13.4. The summed E-state index contributed by atoms with van der Waals surface area (Å²) in [5.41, 5.74) is 3.94. The molecule has 0 spiro atoms. The summed E-state index contributed by atoms with van der Waals surface area (Å²) in [5.74, 6) is 0.975. The van der Waals surface area contributed by atoms with Gasteiger partial charge in [0, 0.05) is 10.0 Å². The molecular weight excluding hydrogens is 583 g/mol. The van der Waals surface area contributed by atoms with E-state index in [4.69, 9.17) is 37.7 Å². The molecule has 0 N–H and O–H groups in total. The van der Waals surface area contributed by atoms with Crippen molar-refractivity contribution in [1.29, 1.82) is 0 Å². The number of benzene rings is 3. The number of hydrogen-bond acceptors (Lipinski definition) is 5. The second-order valence-corrected chi connectivity index (χ2v) is 10.7. The number of aliphatic imine (C=N–C) groups is 1. The summed E-state index contributed by atoms with van der Waals surface area (Å²) in [6, 6.07) is 14.8. The van der Waals surface area contributed by atoms with E-state index in [2.05, 4.69) is 15.9 Å². The van der Waals surface area contributed by atoms with Crippen molar-refractivity contribution >= 4 is 79.4 Å². The molecule has 0 atom stereocenters. The fourth-order valence-electron chi connectivity index (χ4n) is 3.54. The van der Waals surface area contributed by atoms with Crippen LogP contribution in [0, 0.1) is 13.8 Å². The fraction of sp³-hybridized carbons (Fsp3) is 0.185. The number of ether oxygens (including phenoxy) is 2. The number of carbonyl (C=O) groups excluding carboxylic acids is 1. The summed E-state index contributed by atoms with van der Waals surface area (Å²) in [4.78, 5) is 20.5. The number of rotatable bonds is 6. The molecule has 0 aromatic heterocycles. The number of methoxy groups -OCH3 is 1. The van der Waals surface area contributed by atoms with Crippen molar-refractivity contribution in [1.82, 2.24) is 0 Å². The summed E-state index contributed by atoms with van der Waals surface area (Å²) in [5, 5.41) is 1.68. The third-order valence-corrected chi connectivity index (χ3v) is 7.81. The van der Waals surface area contributed by atoms with Gasteiger partial charge in [-0.15, -0.1) is 0 Å². The zero-order chi connectivity index (χ0) is 26.0. The third kappa shape index (κ3) is 5.59. The molecule has 3 aromatic rings. The van der Waals surface area contributed by atoms with Gasteiger partial charge in [-0.05, 0) is 108 Å². The lowest BCUT2D eigenvalue weighted by atomic mass is 10.1. The highest BCUT2D eigenvalue weighted by molar-refractivity contribution is 9.10. The molecule has 0 saturated carbocycles. The number of amidine groups is 1. The molecule has 36 heavy (non-hydrogen) atoms. The van der Waals surface area contributed by atoms with Crippen LogP contribution in [0.15, 0.2) is 62.9 Å². The maximum atomic E-state index is 13.7. The van der Waals surface area contributed by atoms with Gasteiger partial charge in [-0.2, -0.15) is 0 Å². The Hall–Kier alpha value is -2.45. The van der Waals surface area contributed by atoms with Crippen molar-refractivity contribution in [3.63, 3.8) is 0 Å². The van der Waals surface area contributed by atoms with Crippen LogP contribution in [0.25, 0.3) is 6.08 Å². The van der Waals surface area contributed by atoms with Gasteiger partial charge in [0.15, 0.2) is 16.7 Å². The van der Waals surface area contributed by atoms with E-state index in [9.17, 15) is 4.79 Å². The Labute approximate surface area is 233 Å². The molecule has 1 fully saturated rings. The number of halogens is 3. The van der Waals surface area contributed by atoms with Crippen molar-refractivity contribution in [3.8, 4) is 11.5 Å². The molecule has 1 saturated heterocycles. The molecule has 1 aliphatic rings. The minimum absolute atomic E-state index is 0.207. The monoisotopic (exact) mass is 604 g/mol. The first-order valence-electron chi connectivity index (χ1n) is 11.1. The maximum Gasteiger partial charge on any atom is 0.271 e. The van der Waals surface area contributed by atoms with Crippen LogP contribution >= 0.6 is 50.9 Å². The van der Waals surface area contributed by atoms with Crippen molar-refractivity contribution in [2.24, 2.45) is 4.99 Å². The summed E-state index contributed by atoms with van der Waals surface area (Å²) < 4.78 is 11.9.